The highest BCUT2D eigenvalue weighted by Gasteiger charge is 2.19. The number of benzene rings is 2. The summed E-state index contributed by atoms with van der Waals surface area (Å²) in [6.45, 7) is 8.58. The average Bonchev–Trinajstić information content (AvgIpc) is 3.06. The zero-order valence-corrected chi connectivity index (χ0v) is 18.4. The van der Waals surface area contributed by atoms with Gasteiger partial charge in [-0.3, -0.25) is 9.69 Å². The summed E-state index contributed by atoms with van der Waals surface area (Å²) < 4.78 is 2.16. The van der Waals surface area contributed by atoms with Gasteiger partial charge in [-0.25, -0.2) is 0 Å². The van der Waals surface area contributed by atoms with Gasteiger partial charge in [0.15, 0.2) is 5.82 Å². The molecule has 0 bridgehead atoms. The number of carbonyl (C=O) groups is 1. The summed E-state index contributed by atoms with van der Waals surface area (Å²) in [5, 5.41) is 11.7. The lowest BCUT2D eigenvalue weighted by atomic mass is 10.0. The zero-order valence-electron chi connectivity index (χ0n) is 18.4. The van der Waals surface area contributed by atoms with E-state index in [2.05, 4.69) is 63.1 Å². The van der Waals surface area contributed by atoms with Gasteiger partial charge < -0.3 is 9.88 Å². The van der Waals surface area contributed by atoms with Crippen molar-refractivity contribution >= 4 is 5.91 Å². The van der Waals surface area contributed by atoms with Crippen LogP contribution in [0, 0.1) is 5.92 Å². The topological polar surface area (TPSA) is 63.1 Å². The van der Waals surface area contributed by atoms with Crippen molar-refractivity contribution in [1.82, 2.24) is 25.0 Å². The SMILES string of the molecule is CC(C)Cc1ccc(CN2CCc3nnc(CNC(=O)c4ccccc4)n3CC2)cc1. The predicted molar refractivity (Wildman–Crippen MR) is 122 cm³/mol. The Morgan fingerprint density at radius 1 is 0.968 bits per heavy atom. The molecule has 0 fully saturated rings. The van der Waals surface area contributed by atoms with E-state index in [1.54, 1.807) is 0 Å². The van der Waals surface area contributed by atoms with Crippen LogP contribution in [0.15, 0.2) is 54.6 Å². The number of aromatic nitrogens is 3. The van der Waals surface area contributed by atoms with Gasteiger partial charge >= 0.3 is 0 Å². The number of carbonyl (C=O) groups excluding carboxylic acids is 1. The van der Waals surface area contributed by atoms with Crippen LogP contribution in [0.1, 0.15) is 47.0 Å². The van der Waals surface area contributed by atoms with Crippen LogP contribution in [0.2, 0.25) is 0 Å². The first kappa shape index (κ1) is 21.2. The third kappa shape index (κ3) is 5.58. The van der Waals surface area contributed by atoms with E-state index in [0.717, 1.165) is 50.7 Å². The van der Waals surface area contributed by atoms with Crippen molar-refractivity contribution in [3.05, 3.63) is 82.9 Å². The maximum absolute atomic E-state index is 12.3. The van der Waals surface area contributed by atoms with Gasteiger partial charge in [0.1, 0.15) is 5.82 Å². The molecule has 31 heavy (non-hydrogen) atoms. The van der Waals surface area contributed by atoms with E-state index in [0.29, 0.717) is 18.0 Å². The molecule has 4 rings (SSSR count). The number of amides is 1. The van der Waals surface area contributed by atoms with Crippen LogP contribution in [-0.2, 0) is 32.5 Å². The third-order valence-corrected chi connectivity index (χ3v) is 5.71. The average molecular weight is 418 g/mol. The molecule has 0 unspecified atom stereocenters. The lowest BCUT2D eigenvalue weighted by Gasteiger charge is -2.20. The van der Waals surface area contributed by atoms with Gasteiger partial charge in [-0.2, -0.15) is 0 Å². The fourth-order valence-corrected chi connectivity index (χ4v) is 4.08. The summed E-state index contributed by atoms with van der Waals surface area (Å²) in [7, 11) is 0. The Bertz CT molecular complexity index is 995. The van der Waals surface area contributed by atoms with E-state index < -0.39 is 0 Å². The Morgan fingerprint density at radius 2 is 1.71 bits per heavy atom. The van der Waals surface area contributed by atoms with Crippen LogP contribution in [0.4, 0.5) is 0 Å². The van der Waals surface area contributed by atoms with E-state index in [1.165, 1.54) is 11.1 Å². The minimum Gasteiger partial charge on any atom is -0.345 e. The van der Waals surface area contributed by atoms with Crippen molar-refractivity contribution in [1.29, 1.82) is 0 Å². The Hall–Kier alpha value is -2.99. The standard InChI is InChI=1S/C25H31N5O/c1-19(2)16-20-8-10-21(11-9-20)18-29-13-12-23-27-28-24(30(23)15-14-29)17-26-25(31)22-6-4-3-5-7-22/h3-11,19H,12-18H2,1-2H3,(H,26,31). The van der Waals surface area contributed by atoms with Crippen molar-refractivity contribution in [2.45, 2.75) is 46.3 Å². The molecule has 0 spiro atoms. The van der Waals surface area contributed by atoms with E-state index in [4.69, 9.17) is 0 Å². The molecule has 0 saturated heterocycles. The second-order valence-electron chi connectivity index (χ2n) is 8.67. The van der Waals surface area contributed by atoms with Crippen molar-refractivity contribution in [3.8, 4) is 0 Å². The Labute approximate surface area is 184 Å². The molecule has 1 aromatic heterocycles. The molecular formula is C25H31N5O. The van der Waals surface area contributed by atoms with Gasteiger partial charge in [-0.1, -0.05) is 56.3 Å². The summed E-state index contributed by atoms with van der Waals surface area (Å²) in [6.07, 6.45) is 1.99. The van der Waals surface area contributed by atoms with Crippen LogP contribution < -0.4 is 5.32 Å². The molecule has 1 aliphatic rings. The van der Waals surface area contributed by atoms with Crippen LogP contribution in [0.3, 0.4) is 0 Å². The van der Waals surface area contributed by atoms with Gasteiger partial charge in [0, 0.05) is 38.2 Å². The molecule has 1 N–H and O–H groups in total. The van der Waals surface area contributed by atoms with Gasteiger partial charge in [0.2, 0.25) is 0 Å². The number of nitrogens with one attached hydrogen (secondary N) is 1. The molecular weight excluding hydrogens is 386 g/mol. The van der Waals surface area contributed by atoms with Crippen LogP contribution >= 0.6 is 0 Å². The zero-order chi connectivity index (χ0) is 21.6. The minimum atomic E-state index is -0.0888. The van der Waals surface area contributed by atoms with Crippen LogP contribution in [-0.4, -0.2) is 38.7 Å². The molecule has 6 nitrogen and oxygen atoms in total. The highest BCUT2D eigenvalue weighted by atomic mass is 16.1. The molecule has 1 amide bonds. The molecule has 2 heterocycles. The highest BCUT2D eigenvalue weighted by molar-refractivity contribution is 5.93. The number of nitrogens with zero attached hydrogens (tertiary/aromatic N) is 4. The number of rotatable bonds is 7. The van der Waals surface area contributed by atoms with E-state index in [1.807, 2.05) is 30.3 Å². The molecule has 2 aromatic carbocycles. The molecule has 0 aliphatic carbocycles. The van der Waals surface area contributed by atoms with E-state index in [9.17, 15) is 4.79 Å². The van der Waals surface area contributed by atoms with Crippen molar-refractivity contribution in [2.75, 3.05) is 13.1 Å². The highest BCUT2D eigenvalue weighted by Crippen LogP contribution is 2.15. The van der Waals surface area contributed by atoms with Crippen LogP contribution in [0.25, 0.3) is 0 Å². The summed E-state index contributed by atoms with van der Waals surface area (Å²) in [6, 6.07) is 18.3. The largest absolute Gasteiger partial charge is 0.345 e. The first-order chi connectivity index (χ1) is 15.1. The molecule has 162 valence electrons. The van der Waals surface area contributed by atoms with Gasteiger partial charge in [-0.05, 0) is 35.6 Å². The lowest BCUT2D eigenvalue weighted by molar-refractivity contribution is 0.0949. The molecule has 0 atom stereocenters. The van der Waals surface area contributed by atoms with Crippen molar-refractivity contribution < 1.29 is 4.79 Å². The van der Waals surface area contributed by atoms with E-state index >= 15 is 0 Å². The molecule has 6 heteroatoms. The fourth-order valence-electron chi connectivity index (χ4n) is 4.08. The van der Waals surface area contributed by atoms with Gasteiger partial charge in [0.05, 0.1) is 6.54 Å². The summed E-state index contributed by atoms with van der Waals surface area (Å²) >= 11 is 0. The molecule has 0 saturated carbocycles. The predicted octanol–water partition coefficient (Wildman–Crippen LogP) is 3.46. The Balaban J connectivity index is 1.33. The third-order valence-electron chi connectivity index (χ3n) is 5.71. The maximum Gasteiger partial charge on any atom is 0.251 e. The van der Waals surface area contributed by atoms with Crippen molar-refractivity contribution in [3.63, 3.8) is 0 Å². The van der Waals surface area contributed by atoms with E-state index in [-0.39, 0.29) is 5.91 Å². The van der Waals surface area contributed by atoms with Gasteiger partial charge in [0.25, 0.3) is 5.91 Å². The van der Waals surface area contributed by atoms with Gasteiger partial charge in [-0.15, -0.1) is 10.2 Å². The normalized spacial score (nSPS) is 14.3. The van der Waals surface area contributed by atoms with Crippen molar-refractivity contribution in [2.24, 2.45) is 5.92 Å². The molecule has 1 aliphatic heterocycles. The summed E-state index contributed by atoms with van der Waals surface area (Å²) in [4.78, 5) is 14.8. The monoisotopic (exact) mass is 417 g/mol. The number of hydrogen-bond acceptors (Lipinski definition) is 4. The quantitative estimate of drug-likeness (QED) is 0.639. The summed E-state index contributed by atoms with van der Waals surface area (Å²) in [5.74, 6) is 2.41. The summed E-state index contributed by atoms with van der Waals surface area (Å²) in [5.41, 5.74) is 3.41. The first-order valence-electron chi connectivity index (χ1n) is 11.1. The van der Waals surface area contributed by atoms with Crippen LogP contribution in [0.5, 0.6) is 0 Å². The minimum absolute atomic E-state index is 0.0888. The number of fused-ring (bicyclic) bond motifs is 1. The second kappa shape index (κ2) is 9.88. The first-order valence-corrected chi connectivity index (χ1v) is 11.1. The Kier molecular flexibility index (Phi) is 6.77. The maximum atomic E-state index is 12.3. The second-order valence-corrected chi connectivity index (χ2v) is 8.67. The fraction of sp³-hybridized carbons (Fsp3) is 0.400. The lowest BCUT2D eigenvalue weighted by Crippen LogP contribution is -2.28. The number of hydrogen-bond donors (Lipinski definition) is 1. The smallest absolute Gasteiger partial charge is 0.251 e. The molecule has 0 radical (unpaired) electrons. The molecule has 3 aromatic rings. The Morgan fingerprint density at radius 3 is 2.45 bits per heavy atom.